The minimum Gasteiger partial charge on any atom is -0.507 e. The minimum atomic E-state index is 0.198. The van der Waals surface area contributed by atoms with Gasteiger partial charge >= 0.3 is 0 Å². The van der Waals surface area contributed by atoms with Gasteiger partial charge in [-0.3, -0.25) is 0 Å². The van der Waals surface area contributed by atoms with E-state index in [-0.39, 0.29) is 23.3 Å². The quantitative estimate of drug-likeness (QED) is 0.794. The Morgan fingerprint density at radius 2 is 1.05 bits per heavy atom. The van der Waals surface area contributed by atoms with Gasteiger partial charge in [-0.1, -0.05) is 35.4 Å². The molecule has 0 aromatic heterocycles. The lowest BCUT2D eigenvalue weighted by Crippen LogP contribution is -1.96. The zero-order valence-corrected chi connectivity index (χ0v) is 13.6. The van der Waals surface area contributed by atoms with Crippen molar-refractivity contribution in [3.63, 3.8) is 0 Å². The van der Waals surface area contributed by atoms with Gasteiger partial charge in [0.2, 0.25) is 0 Å². The Kier molecular flexibility index (Phi) is 5.02. The van der Waals surface area contributed by atoms with Crippen molar-refractivity contribution in [2.75, 3.05) is 0 Å². The van der Waals surface area contributed by atoms with Crippen LogP contribution in [0.1, 0.15) is 33.4 Å². The van der Waals surface area contributed by atoms with Crippen LogP contribution in [0.5, 0.6) is 11.5 Å². The predicted octanol–water partition coefficient (Wildman–Crippen LogP) is 4.78. The highest BCUT2D eigenvalue weighted by molar-refractivity contribution is 6.17. The van der Waals surface area contributed by atoms with E-state index in [2.05, 4.69) is 0 Å². The molecule has 0 bridgehead atoms. The summed E-state index contributed by atoms with van der Waals surface area (Å²) in [4.78, 5) is 0. The summed E-state index contributed by atoms with van der Waals surface area (Å²) in [5.41, 5.74) is 4.98. The van der Waals surface area contributed by atoms with Gasteiger partial charge in [0.25, 0.3) is 0 Å². The van der Waals surface area contributed by atoms with Crippen molar-refractivity contribution in [3.05, 3.63) is 57.6 Å². The lowest BCUT2D eigenvalue weighted by Gasteiger charge is -2.13. The van der Waals surface area contributed by atoms with Gasteiger partial charge in [-0.15, -0.1) is 23.2 Å². The highest BCUT2D eigenvalue weighted by Crippen LogP contribution is 2.32. The van der Waals surface area contributed by atoms with Crippen LogP contribution < -0.4 is 0 Å². The molecule has 21 heavy (non-hydrogen) atoms. The van der Waals surface area contributed by atoms with E-state index in [4.69, 9.17) is 23.2 Å². The van der Waals surface area contributed by atoms with Crippen molar-refractivity contribution in [2.24, 2.45) is 0 Å². The Balaban J connectivity index is 2.48. The number of aromatic hydroxyl groups is 2. The standard InChI is InChI=1S/C17H18Cl2O2/c1-10-3-12(16(20)14(5-10)8-18)7-13-4-11(2)6-15(9-19)17(13)21/h3-6,20-21H,7-9H2,1-2H3. The van der Waals surface area contributed by atoms with Gasteiger partial charge in [-0.05, 0) is 25.0 Å². The molecule has 0 atom stereocenters. The highest BCUT2D eigenvalue weighted by atomic mass is 35.5. The van der Waals surface area contributed by atoms with Gasteiger partial charge in [-0.25, -0.2) is 0 Å². The van der Waals surface area contributed by atoms with E-state index in [0.717, 1.165) is 22.3 Å². The summed E-state index contributed by atoms with van der Waals surface area (Å²) in [6.07, 6.45) is 0.439. The first kappa shape index (κ1) is 16.0. The van der Waals surface area contributed by atoms with Crippen LogP contribution in [-0.2, 0) is 18.2 Å². The fraction of sp³-hybridized carbons (Fsp3) is 0.294. The SMILES string of the molecule is Cc1cc(CCl)c(O)c(Cc2cc(C)cc(CCl)c2O)c1. The number of phenolic OH excluding ortho intramolecular Hbond substituents is 2. The van der Waals surface area contributed by atoms with Gasteiger partial charge in [0.15, 0.2) is 0 Å². The summed E-state index contributed by atoms with van der Waals surface area (Å²) in [5.74, 6) is 0.911. The average molecular weight is 325 g/mol. The normalized spacial score (nSPS) is 10.9. The molecule has 0 saturated heterocycles. The third-order valence-corrected chi connectivity index (χ3v) is 4.07. The molecule has 0 amide bonds. The van der Waals surface area contributed by atoms with Crippen molar-refractivity contribution in [3.8, 4) is 11.5 Å². The topological polar surface area (TPSA) is 40.5 Å². The second kappa shape index (κ2) is 6.59. The second-order valence-electron chi connectivity index (χ2n) is 5.31. The van der Waals surface area contributed by atoms with Crippen LogP contribution in [0.2, 0.25) is 0 Å². The number of alkyl halides is 2. The molecule has 4 heteroatoms. The smallest absolute Gasteiger partial charge is 0.123 e. The Hall–Kier alpha value is -1.38. The summed E-state index contributed by atoms with van der Waals surface area (Å²) >= 11 is 11.7. The summed E-state index contributed by atoms with van der Waals surface area (Å²) in [6.45, 7) is 3.92. The number of hydrogen-bond acceptors (Lipinski definition) is 2. The molecule has 2 nitrogen and oxygen atoms in total. The first-order valence-corrected chi connectivity index (χ1v) is 7.77. The molecular weight excluding hydrogens is 307 g/mol. The van der Waals surface area contributed by atoms with E-state index in [1.165, 1.54) is 0 Å². The summed E-state index contributed by atoms with van der Waals surface area (Å²) in [5, 5.41) is 20.5. The molecule has 0 radical (unpaired) electrons. The molecule has 0 spiro atoms. The molecular formula is C17H18Cl2O2. The van der Waals surface area contributed by atoms with Crippen LogP contribution in [0.25, 0.3) is 0 Å². The first-order chi connectivity index (χ1) is 9.96. The van der Waals surface area contributed by atoms with Crippen LogP contribution >= 0.6 is 23.2 Å². The fourth-order valence-electron chi connectivity index (χ4n) is 2.55. The van der Waals surface area contributed by atoms with E-state index < -0.39 is 0 Å². The molecule has 2 rings (SSSR count). The number of benzene rings is 2. The van der Waals surface area contributed by atoms with Crippen molar-refractivity contribution < 1.29 is 10.2 Å². The molecule has 0 unspecified atom stereocenters. The van der Waals surface area contributed by atoms with Crippen LogP contribution in [0, 0.1) is 13.8 Å². The van der Waals surface area contributed by atoms with Crippen LogP contribution in [0.15, 0.2) is 24.3 Å². The summed E-state index contributed by atoms with van der Waals surface area (Å²) < 4.78 is 0. The Labute approximate surface area is 135 Å². The molecule has 0 fully saturated rings. The zero-order chi connectivity index (χ0) is 15.6. The third-order valence-electron chi connectivity index (χ3n) is 3.49. The van der Waals surface area contributed by atoms with Gasteiger partial charge in [-0.2, -0.15) is 0 Å². The number of halogens is 2. The lowest BCUT2D eigenvalue weighted by molar-refractivity contribution is 0.457. The monoisotopic (exact) mass is 324 g/mol. The maximum absolute atomic E-state index is 10.3. The van der Waals surface area contributed by atoms with Crippen molar-refractivity contribution in [2.45, 2.75) is 32.0 Å². The Morgan fingerprint density at radius 3 is 1.38 bits per heavy atom. The molecule has 2 aromatic rings. The first-order valence-electron chi connectivity index (χ1n) is 6.71. The van der Waals surface area contributed by atoms with Crippen LogP contribution in [-0.4, -0.2) is 10.2 Å². The Bertz CT molecular complexity index is 609. The highest BCUT2D eigenvalue weighted by Gasteiger charge is 2.13. The van der Waals surface area contributed by atoms with Crippen molar-refractivity contribution in [1.29, 1.82) is 0 Å². The number of hydrogen-bond donors (Lipinski definition) is 2. The average Bonchev–Trinajstić information content (AvgIpc) is 2.45. The van der Waals surface area contributed by atoms with Gasteiger partial charge in [0.1, 0.15) is 11.5 Å². The molecule has 0 aliphatic heterocycles. The van der Waals surface area contributed by atoms with Gasteiger partial charge in [0.05, 0.1) is 11.8 Å². The number of rotatable bonds is 4. The summed E-state index contributed by atoms with van der Waals surface area (Å²) in [7, 11) is 0. The van der Waals surface area contributed by atoms with E-state index in [0.29, 0.717) is 17.5 Å². The van der Waals surface area contributed by atoms with E-state index in [1.54, 1.807) is 0 Å². The molecule has 0 heterocycles. The van der Waals surface area contributed by atoms with E-state index in [1.807, 2.05) is 38.1 Å². The maximum atomic E-state index is 10.3. The molecule has 0 aliphatic carbocycles. The van der Waals surface area contributed by atoms with Crippen molar-refractivity contribution >= 4 is 23.2 Å². The zero-order valence-electron chi connectivity index (χ0n) is 12.1. The predicted molar refractivity (Wildman–Crippen MR) is 87.6 cm³/mol. The molecule has 2 N–H and O–H groups in total. The minimum absolute atomic E-state index is 0.198. The lowest BCUT2D eigenvalue weighted by atomic mass is 9.96. The van der Waals surface area contributed by atoms with Crippen molar-refractivity contribution in [1.82, 2.24) is 0 Å². The van der Waals surface area contributed by atoms with Gasteiger partial charge < -0.3 is 10.2 Å². The molecule has 0 saturated carbocycles. The maximum Gasteiger partial charge on any atom is 0.123 e. The van der Waals surface area contributed by atoms with E-state index in [9.17, 15) is 10.2 Å². The molecule has 0 aliphatic rings. The number of phenols is 2. The number of aryl methyl sites for hydroxylation is 2. The largest absolute Gasteiger partial charge is 0.507 e. The summed E-state index contributed by atoms with van der Waals surface area (Å²) in [6, 6.07) is 7.55. The van der Waals surface area contributed by atoms with E-state index >= 15 is 0 Å². The third kappa shape index (κ3) is 3.45. The Morgan fingerprint density at radius 1 is 0.714 bits per heavy atom. The van der Waals surface area contributed by atoms with Gasteiger partial charge in [0, 0.05) is 17.5 Å². The molecule has 2 aromatic carbocycles. The second-order valence-corrected chi connectivity index (χ2v) is 5.84. The fourth-order valence-corrected chi connectivity index (χ4v) is 2.95. The molecule has 112 valence electrons. The van der Waals surface area contributed by atoms with Crippen LogP contribution in [0.4, 0.5) is 0 Å². The van der Waals surface area contributed by atoms with Crippen LogP contribution in [0.3, 0.4) is 0 Å².